The molecule has 2 N–H and O–H groups in total. The number of hydrogen-bond donors (Lipinski definition) is 2. The number of rotatable bonds is 5. The number of fused-ring (bicyclic) bond motifs is 1. The maximum absolute atomic E-state index is 15.2. The van der Waals surface area contributed by atoms with Crippen LogP contribution in [0.25, 0.3) is 6.08 Å². The van der Waals surface area contributed by atoms with E-state index in [1.165, 1.54) is 0 Å². The second kappa shape index (κ2) is 9.58. The highest BCUT2D eigenvalue weighted by Gasteiger charge is 2.25. The van der Waals surface area contributed by atoms with E-state index in [1.807, 2.05) is 38.1 Å². The molecule has 0 bridgehead atoms. The predicted octanol–water partition coefficient (Wildman–Crippen LogP) is 4.63. The number of halogens is 2. The quantitative estimate of drug-likeness (QED) is 0.653. The van der Waals surface area contributed by atoms with Crippen LogP contribution in [0, 0.1) is 11.6 Å². The Kier molecular flexibility index (Phi) is 6.34. The molecule has 3 heterocycles. The molecule has 1 saturated heterocycles. The molecule has 1 atom stereocenters. The summed E-state index contributed by atoms with van der Waals surface area (Å²) in [7, 11) is 0. The van der Waals surface area contributed by atoms with Crippen molar-refractivity contribution in [1.82, 2.24) is 15.3 Å². The molecule has 3 aliphatic rings. The van der Waals surface area contributed by atoms with Crippen molar-refractivity contribution in [3.05, 3.63) is 64.3 Å². The fraction of sp³-hybridized carbons (Fsp3) is 0.346. The van der Waals surface area contributed by atoms with Gasteiger partial charge in [0, 0.05) is 48.9 Å². The number of ether oxygens (including phenoxy) is 1. The molecule has 2 aliphatic heterocycles. The second-order valence-corrected chi connectivity index (χ2v) is 9.02. The Hall–Kier alpha value is -3.59. The highest BCUT2D eigenvalue weighted by molar-refractivity contribution is 6.05. The minimum absolute atomic E-state index is 0.0658. The lowest BCUT2D eigenvalue weighted by Crippen LogP contribution is -2.50. The zero-order valence-corrected chi connectivity index (χ0v) is 20.0. The number of aliphatic imine (C=N–C) groups is 1. The molecule has 1 aromatic carbocycles. The second-order valence-electron chi connectivity index (χ2n) is 9.02. The first-order chi connectivity index (χ1) is 16.9. The van der Waals surface area contributed by atoms with E-state index in [2.05, 4.69) is 37.4 Å². The number of allylic oxidation sites excluding steroid dienone is 2. The molecule has 1 aromatic heterocycles. The van der Waals surface area contributed by atoms with Crippen molar-refractivity contribution in [3.8, 4) is 11.8 Å². The number of aromatic nitrogens is 2. The van der Waals surface area contributed by atoms with Crippen molar-refractivity contribution in [2.45, 2.75) is 33.2 Å². The van der Waals surface area contributed by atoms with Gasteiger partial charge in [-0.05, 0) is 38.8 Å². The van der Waals surface area contributed by atoms with Gasteiger partial charge in [0.15, 0.2) is 11.6 Å². The van der Waals surface area contributed by atoms with Crippen LogP contribution in [0.1, 0.15) is 31.9 Å². The molecule has 0 radical (unpaired) electrons. The van der Waals surface area contributed by atoms with Gasteiger partial charge in [0.25, 0.3) is 0 Å². The van der Waals surface area contributed by atoms with E-state index in [0.29, 0.717) is 36.0 Å². The molecular formula is C26H28F2N6O. The Bertz CT molecular complexity index is 1280. The lowest BCUT2D eigenvalue weighted by Gasteiger charge is -2.35. The van der Waals surface area contributed by atoms with Gasteiger partial charge in [-0.15, -0.1) is 0 Å². The van der Waals surface area contributed by atoms with Gasteiger partial charge in [-0.3, -0.25) is 4.99 Å². The van der Waals surface area contributed by atoms with Crippen LogP contribution >= 0.6 is 0 Å². The summed E-state index contributed by atoms with van der Waals surface area (Å²) in [6.45, 7) is 8.84. The van der Waals surface area contributed by atoms with Gasteiger partial charge in [-0.25, -0.2) is 8.78 Å². The number of anilines is 2. The van der Waals surface area contributed by atoms with Crippen LogP contribution in [-0.2, 0) is 6.42 Å². The summed E-state index contributed by atoms with van der Waals surface area (Å²) in [5.74, 6) is 0.411. The Morgan fingerprint density at radius 2 is 2.09 bits per heavy atom. The first kappa shape index (κ1) is 23.2. The van der Waals surface area contributed by atoms with Gasteiger partial charge in [0.2, 0.25) is 0 Å². The minimum Gasteiger partial charge on any atom is -0.421 e. The summed E-state index contributed by atoms with van der Waals surface area (Å²) in [5, 5.41) is 6.57. The first-order valence-corrected chi connectivity index (χ1v) is 11.8. The summed E-state index contributed by atoms with van der Waals surface area (Å²) < 4.78 is 35.7. The molecule has 1 aliphatic carbocycles. The van der Waals surface area contributed by atoms with Gasteiger partial charge >= 0.3 is 6.01 Å². The summed E-state index contributed by atoms with van der Waals surface area (Å²) in [4.78, 5) is 15.6. The van der Waals surface area contributed by atoms with Gasteiger partial charge in [-0.1, -0.05) is 23.8 Å². The van der Waals surface area contributed by atoms with Crippen molar-refractivity contribution in [2.75, 3.05) is 36.4 Å². The minimum atomic E-state index is -0.614. The summed E-state index contributed by atoms with van der Waals surface area (Å²) >= 11 is 0. The van der Waals surface area contributed by atoms with Crippen LogP contribution in [0.4, 0.5) is 20.4 Å². The average Bonchev–Trinajstić information content (AvgIpc) is 3.44. The predicted molar refractivity (Wildman–Crippen MR) is 134 cm³/mol. The van der Waals surface area contributed by atoms with E-state index in [4.69, 9.17) is 4.74 Å². The number of nitrogens with zero attached hydrogens (tertiary/aromatic N) is 4. The SMILES string of the molecule is C/C=C/C1=CC(Nc2cc(N3CCNCC3C)nc(Oc3cc(F)c4c(c3F)C=C(C)C4)n2)=NC1. The lowest BCUT2D eigenvalue weighted by atomic mass is 10.1. The number of nitrogens with one attached hydrogen (secondary N) is 2. The van der Waals surface area contributed by atoms with Gasteiger partial charge in [0.1, 0.15) is 23.3 Å². The smallest absolute Gasteiger partial charge is 0.326 e. The van der Waals surface area contributed by atoms with Crippen LogP contribution in [0.5, 0.6) is 11.8 Å². The van der Waals surface area contributed by atoms with Crippen molar-refractivity contribution < 1.29 is 13.5 Å². The van der Waals surface area contributed by atoms with Crippen LogP contribution in [0.2, 0.25) is 0 Å². The van der Waals surface area contributed by atoms with E-state index >= 15 is 4.39 Å². The fourth-order valence-corrected chi connectivity index (χ4v) is 4.55. The van der Waals surface area contributed by atoms with Gasteiger partial charge in [-0.2, -0.15) is 9.97 Å². The molecule has 182 valence electrons. The number of hydrogen-bond acceptors (Lipinski definition) is 7. The summed E-state index contributed by atoms with van der Waals surface area (Å²) in [6, 6.07) is 3.02. The van der Waals surface area contributed by atoms with Crippen molar-refractivity contribution in [1.29, 1.82) is 0 Å². The molecule has 1 fully saturated rings. The Balaban J connectivity index is 1.50. The first-order valence-electron chi connectivity index (χ1n) is 11.8. The van der Waals surface area contributed by atoms with Crippen LogP contribution in [0.3, 0.4) is 0 Å². The van der Waals surface area contributed by atoms with E-state index in [-0.39, 0.29) is 23.4 Å². The molecular weight excluding hydrogens is 450 g/mol. The molecule has 1 unspecified atom stereocenters. The molecule has 35 heavy (non-hydrogen) atoms. The number of amidine groups is 1. The molecule has 0 saturated carbocycles. The fourth-order valence-electron chi connectivity index (χ4n) is 4.55. The zero-order valence-electron chi connectivity index (χ0n) is 20.0. The molecule has 7 nitrogen and oxygen atoms in total. The maximum Gasteiger partial charge on any atom is 0.326 e. The van der Waals surface area contributed by atoms with Crippen molar-refractivity contribution >= 4 is 23.5 Å². The molecule has 0 amide bonds. The Morgan fingerprint density at radius 1 is 1.23 bits per heavy atom. The summed E-state index contributed by atoms with van der Waals surface area (Å²) in [6.07, 6.45) is 7.96. The van der Waals surface area contributed by atoms with E-state index in [1.54, 1.807) is 6.08 Å². The Labute approximate surface area is 203 Å². The number of piperazine rings is 1. The monoisotopic (exact) mass is 478 g/mol. The third-order valence-electron chi connectivity index (χ3n) is 6.25. The van der Waals surface area contributed by atoms with Crippen LogP contribution < -0.4 is 20.3 Å². The van der Waals surface area contributed by atoms with Gasteiger partial charge in [0.05, 0.1) is 6.54 Å². The highest BCUT2D eigenvalue weighted by atomic mass is 19.1. The standard InChI is InChI=1S/C26H28F2N6O/c1-4-5-17-10-22(30-14-17)31-23-12-24(34-7-6-29-13-16(34)3)33-26(32-23)35-21-11-20(27)18-8-15(2)9-19(18)25(21)28/h4-5,9-12,16,29H,6-8,13-14H2,1-3H3,(H,30,31,32,33)/b5-4+. The van der Waals surface area contributed by atoms with E-state index in [0.717, 1.165) is 36.8 Å². The van der Waals surface area contributed by atoms with E-state index in [9.17, 15) is 4.39 Å². The topological polar surface area (TPSA) is 74.7 Å². The third-order valence-corrected chi connectivity index (χ3v) is 6.25. The number of benzene rings is 1. The highest BCUT2D eigenvalue weighted by Crippen LogP contribution is 2.36. The van der Waals surface area contributed by atoms with E-state index < -0.39 is 11.6 Å². The summed E-state index contributed by atoms with van der Waals surface area (Å²) in [5.41, 5.74) is 2.55. The van der Waals surface area contributed by atoms with Gasteiger partial charge < -0.3 is 20.3 Å². The molecule has 9 heteroatoms. The third kappa shape index (κ3) is 4.81. The Morgan fingerprint density at radius 3 is 2.89 bits per heavy atom. The normalized spacial score (nSPS) is 19.5. The van der Waals surface area contributed by atoms with Crippen molar-refractivity contribution in [3.63, 3.8) is 0 Å². The average molecular weight is 479 g/mol. The molecule has 2 aromatic rings. The zero-order chi connectivity index (χ0) is 24.5. The van der Waals surface area contributed by atoms with Crippen LogP contribution in [-0.4, -0.2) is 48.0 Å². The molecule has 5 rings (SSSR count). The largest absolute Gasteiger partial charge is 0.421 e. The van der Waals surface area contributed by atoms with Crippen LogP contribution in [0.15, 0.2) is 46.5 Å². The lowest BCUT2D eigenvalue weighted by molar-refractivity contribution is 0.404. The maximum atomic E-state index is 15.2. The van der Waals surface area contributed by atoms with Crippen molar-refractivity contribution in [2.24, 2.45) is 4.99 Å². The molecule has 0 spiro atoms.